The SMILES string of the molecule is CNC[C@H](CC12CC3CC(CC1C3)C2)NC(=O)NCO. The van der Waals surface area contributed by atoms with Crippen LogP contribution in [0.2, 0.25) is 0 Å². The maximum atomic E-state index is 11.7. The van der Waals surface area contributed by atoms with Crippen LogP contribution in [-0.2, 0) is 0 Å². The number of urea groups is 1. The molecule has 5 heteroatoms. The molecule has 4 aliphatic rings. The smallest absolute Gasteiger partial charge is 0.316 e. The normalized spacial score (nSPS) is 39.0. The number of rotatable bonds is 6. The second-order valence-electron chi connectivity index (χ2n) is 7.17. The van der Waals surface area contributed by atoms with Gasteiger partial charge in [-0.1, -0.05) is 0 Å². The predicted molar refractivity (Wildman–Crippen MR) is 77.1 cm³/mol. The number of carbonyl (C=O) groups is 1. The zero-order chi connectivity index (χ0) is 14.2. The Morgan fingerprint density at radius 2 is 2.00 bits per heavy atom. The lowest BCUT2D eigenvalue weighted by Crippen LogP contribution is -2.48. The molecule has 0 heterocycles. The summed E-state index contributed by atoms with van der Waals surface area (Å²) >= 11 is 0. The Kier molecular flexibility index (Phi) is 3.91. The van der Waals surface area contributed by atoms with Gasteiger partial charge in [0.2, 0.25) is 0 Å². The van der Waals surface area contributed by atoms with Gasteiger partial charge in [0.25, 0.3) is 0 Å². The van der Waals surface area contributed by atoms with Crippen LogP contribution < -0.4 is 16.0 Å². The van der Waals surface area contributed by atoms with Crippen molar-refractivity contribution in [2.45, 2.75) is 44.6 Å². The Morgan fingerprint density at radius 1 is 1.30 bits per heavy atom. The first kappa shape index (κ1) is 14.1. The second kappa shape index (κ2) is 5.53. The molecule has 4 aliphatic carbocycles. The monoisotopic (exact) mass is 281 g/mol. The van der Waals surface area contributed by atoms with E-state index >= 15 is 0 Å². The first-order chi connectivity index (χ1) is 9.65. The standard InChI is InChI=1S/C15H27N3O2/c1-16-8-13(18-14(20)17-9-19)7-15-5-10-2-11(6-15)4-12(15)3-10/h10-13,16,19H,2-9H2,1H3,(H2,17,18,20)/t10?,11?,12?,13-,15?/m0/s1. The molecule has 20 heavy (non-hydrogen) atoms. The van der Waals surface area contributed by atoms with Gasteiger partial charge in [-0.15, -0.1) is 0 Å². The van der Waals surface area contributed by atoms with Crippen molar-refractivity contribution in [1.29, 1.82) is 0 Å². The van der Waals surface area contributed by atoms with E-state index in [2.05, 4.69) is 16.0 Å². The van der Waals surface area contributed by atoms with Gasteiger partial charge in [-0.2, -0.15) is 0 Å². The van der Waals surface area contributed by atoms with Crippen LogP contribution >= 0.6 is 0 Å². The highest BCUT2D eigenvalue weighted by molar-refractivity contribution is 5.74. The van der Waals surface area contributed by atoms with Gasteiger partial charge in [0.1, 0.15) is 6.73 Å². The summed E-state index contributed by atoms with van der Waals surface area (Å²) in [6, 6.07) is -0.105. The van der Waals surface area contributed by atoms with Gasteiger partial charge in [0, 0.05) is 12.6 Å². The Morgan fingerprint density at radius 3 is 2.60 bits per heavy atom. The van der Waals surface area contributed by atoms with Crippen molar-refractivity contribution in [3.05, 3.63) is 0 Å². The molecule has 2 unspecified atom stereocenters. The van der Waals surface area contributed by atoms with Crippen molar-refractivity contribution in [3.63, 3.8) is 0 Å². The quantitative estimate of drug-likeness (QED) is 0.550. The molecule has 5 nitrogen and oxygen atoms in total. The van der Waals surface area contributed by atoms with E-state index in [1.54, 1.807) is 0 Å². The fraction of sp³-hybridized carbons (Fsp3) is 0.933. The molecule has 0 aromatic heterocycles. The topological polar surface area (TPSA) is 73.4 Å². The average Bonchev–Trinajstić information content (AvgIpc) is 2.74. The van der Waals surface area contributed by atoms with E-state index in [1.807, 2.05) is 7.05 Å². The fourth-order valence-electron chi connectivity index (χ4n) is 5.52. The Balaban J connectivity index is 1.63. The van der Waals surface area contributed by atoms with Crippen LogP contribution in [0, 0.1) is 23.2 Å². The zero-order valence-electron chi connectivity index (χ0n) is 12.3. The highest BCUT2D eigenvalue weighted by Gasteiger charge is 2.57. The molecule has 0 radical (unpaired) electrons. The number of aliphatic hydroxyl groups excluding tert-OH is 1. The summed E-state index contributed by atoms with van der Waals surface area (Å²) in [4.78, 5) is 11.7. The average molecular weight is 281 g/mol. The number of hydrogen-bond donors (Lipinski definition) is 4. The highest BCUT2D eigenvalue weighted by Crippen LogP contribution is 2.66. The largest absolute Gasteiger partial charge is 0.376 e. The summed E-state index contributed by atoms with van der Waals surface area (Å²) in [6.07, 6.45) is 8.13. The van der Waals surface area contributed by atoms with E-state index < -0.39 is 0 Å². The third kappa shape index (κ3) is 2.53. The molecule has 4 N–H and O–H groups in total. The fourth-order valence-corrected chi connectivity index (χ4v) is 5.52. The molecule has 0 aromatic carbocycles. The van der Waals surface area contributed by atoms with E-state index in [0.717, 1.165) is 30.7 Å². The summed E-state index contributed by atoms with van der Waals surface area (Å²) in [5.41, 5.74) is 0.488. The van der Waals surface area contributed by atoms with Crippen molar-refractivity contribution < 1.29 is 9.90 Å². The molecule has 0 saturated heterocycles. The number of hydrogen-bond acceptors (Lipinski definition) is 3. The van der Waals surface area contributed by atoms with Crippen LogP contribution in [0.25, 0.3) is 0 Å². The summed E-state index contributed by atoms with van der Waals surface area (Å²) in [7, 11) is 1.93. The maximum Gasteiger partial charge on any atom is 0.316 e. The Bertz CT molecular complexity index is 360. The first-order valence-electron chi connectivity index (χ1n) is 7.95. The van der Waals surface area contributed by atoms with Crippen LogP contribution in [0.15, 0.2) is 0 Å². The minimum atomic E-state index is -0.310. The molecule has 4 saturated carbocycles. The second-order valence-corrected chi connectivity index (χ2v) is 7.17. The van der Waals surface area contributed by atoms with Crippen molar-refractivity contribution in [1.82, 2.24) is 16.0 Å². The predicted octanol–water partition coefficient (Wildman–Crippen LogP) is 1.04. The third-order valence-electron chi connectivity index (χ3n) is 5.84. The van der Waals surface area contributed by atoms with Gasteiger partial charge in [0.15, 0.2) is 0 Å². The summed E-state index contributed by atoms with van der Waals surface area (Å²) in [5.74, 6) is 2.80. The molecule has 2 amide bonds. The molecule has 4 fully saturated rings. The van der Waals surface area contributed by atoms with E-state index in [4.69, 9.17) is 5.11 Å². The molecule has 0 aliphatic heterocycles. The van der Waals surface area contributed by atoms with Crippen molar-refractivity contribution in [2.24, 2.45) is 23.2 Å². The van der Waals surface area contributed by atoms with Crippen molar-refractivity contribution >= 4 is 6.03 Å². The van der Waals surface area contributed by atoms with Crippen molar-refractivity contribution in [3.8, 4) is 0 Å². The lowest BCUT2D eigenvalue weighted by Gasteiger charge is -2.36. The number of nitrogens with one attached hydrogen (secondary N) is 3. The first-order valence-corrected chi connectivity index (χ1v) is 7.95. The Hall–Kier alpha value is -0.810. The van der Waals surface area contributed by atoms with Crippen LogP contribution in [-0.4, -0.2) is 37.5 Å². The third-order valence-corrected chi connectivity index (χ3v) is 5.84. The van der Waals surface area contributed by atoms with Gasteiger partial charge < -0.3 is 21.1 Å². The number of amides is 2. The molecule has 4 rings (SSSR count). The summed E-state index contributed by atoms with van der Waals surface area (Å²) in [5, 5.41) is 17.4. The minimum Gasteiger partial charge on any atom is -0.376 e. The van der Waals surface area contributed by atoms with Gasteiger partial charge in [-0.05, 0) is 68.7 Å². The van der Waals surface area contributed by atoms with Gasteiger partial charge in [-0.3, -0.25) is 0 Å². The molecule has 0 spiro atoms. The molecule has 114 valence electrons. The summed E-state index contributed by atoms with van der Waals surface area (Å²) < 4.78 is 0. The molecular weight excluding hydrogens is 254 g/mol. The van der Waals surface area contributed by atoms with E-state index in [1.165, 1.54) is 32.1 Å². The number of aliphatic hydroxyl groups is 1. The van der Waals surface area contributed by atoms with E-state index in [9.17, 15) is 4.79 Å². The Labute approximate surface area is 120 Å². The van der Waals surface area contributed by atoms with Crippen LogP contribution in [0.3, 0.4) is 0 Å². The molecule has 4 bridgehead atoms. The maximum absolute atomic E-state index is 11.7. The van der Waals surface area contributed by atoms with Gasteiger partial charge in [-0.25, -0.2) is 4.79 Å². The van der Waals surface area contributed by atoms with Crippen LogP contribution in [0.5, 0.6) is 0 Å². The van der Waals surface area contributed by atoms with E-state index in [0.29, 0.717) is 5.41 Å². The molecular formula is C15H27N3O2. The lowest BCUT2D eigenvalue weighted by atomic mass is 9.72. The lowest BCUT2D eigenvalue weighted by molar-refractivity contribution is 0.160. The van der Waals surface area contributed by atoms with Crippen LogP contribution in [0.1, 0.15) is 38.5 Å². The number of carbonyl (C=O) groups excluding carboxylic acids is 1. The van der Waals surface area contributed by atoms with Gasteiger partial charge in [0.05, 0.1) is 0 Å². The van der Waals surface area contributed by atoms with Gasteiger partial charge >= 0.3 is 6.03 Å². The molecule has 3 atom stereocenters. The van der Waals surface area contributed by atoms with Crippen molar-refractivity contribution in [2.75, 3.05) is 20.3 Å². The highest BCUT2D eigenvalue weighted by atomic mass is 16.3. The zero-order valence-corrected chi connectivity index (χ0v) is 12.3. The van der Waals surface area contributed by atoms with Crippen LogP contribution in [0.4, 0.5) is 4.79 Å². The van der Waals surface area contributed by atoms with E-state index in [-0.39, 0.29) is 18.8 Å². The number of likely N-dealkylation sites (N-methyl/N-ethyl adjacent to an activating group) is 1. The molecule has 0 aromatic rings. The summed E-state index contributed by atoms with van der Waals surface area (Å²) in [6.45, 7) is 0.485. The minimum absolute atomic E-state index is 0.157.